The number of methoxy groups -OCH3 is 1. The van der Waals surface area contributed by atoms with Gasteiger partial charge in [-0.15, -0.1) is 0 Å². The fourth-order valence-corrected chi connectivity index (χ4v) is 2.07. The van der Waals surface area contributed by atoms with E-state index in [9.17, 15) is 14.4 Å². The van der Waals surface area contributed by atoms with Crippen LogP contribution >= 0.6 is 0 Å². The first-order valence-corrected chi connectivity index (χ1v) is 7.17. The molecule has 7 nitrogen and oxygen atoms in total. The van der Waals surface area contributed by atoms with Crippen molar-refractivity contribution in [2.75, 3.05) is 7.11 Å². The summed E-state index contributed by atoms with van der Waals surface area (Å²) in [4.78, 5) is 35.3. The van der Waals surface area contributed by atoms with Crippen molar-refractivity contribution in [3.8, 4) is 5.75 Å². The molecule has 0 aliphatic carbocycles. The summed E-state index contributed by atoms with van der Waals surface area (Å²) in [6.07, 6.45) is 3.85. The van der Waals surface area contributed by atoms with Crippen molar-refractivity contribution in [1.82, 2.24) is 9.13 Å². The van der Waals surface area contributed by atoms with Crippen LogP contribution in [-0.2, 0) is 30.2 Å². The Bertz CT molecular complexity index is 893. The third-order valence-corrected chi connectivity index (χ3v) is 3.39. The highest BCUT2D eigenvalue weighted by Gasteiger charge is 2.05. The van der Waals surface area contributed by atoms with E-state index < -0.39 is 17.2 Å². The fraction of sp³-hybridized carbons (Fsp3) is 0.235. The molecule has 24 heavy (non-hydrogen) atoms. The Labute approximate surface area is 138 Å². The lowest BCUT2D eigenvalue weighted by atomic mass is 10.2. The van der Waals surface area contributed by atoms with Gasteiger partial charge in [-0.05, 0) is 23.8 Å². The predicted molar refractivity (Wildman–Crippen MR) is 88.7 cm³/mol. The van der Waals surface area contributed by atoms with Gasteiger partial charge < -0.3 is 14.0 Å². The van der Waals surface area contributed by atoms with E-state index in [2.05, 4.69) is 0 Å². The third-order valence-electron chi connectivity index (χ3n) is 3.39. The zero-order valence-corrected chi connectivity index (χ0v) is 13.7. The van der Waals surface area contributed by atoms with Crippen LogP contribution in [0.2, 0.25) is 0 Å². The molecule has 0 saturated carbocycles. The van der Waals surface area contributed by atoms with Crippen LogP contribution in [0.3, 0.4) is 0 Å². The van der Waals surface area contributed by atoms with Gasteiger partial charge in [0.1, 0.15) is 12.4 Å². The van der Waals surface area contributed by atoms with Gasteiger partial charge in [0.15, 0.2) is 0 Å². The summed E-state index contributed by atoms with van der Waals surface area (Å²) >= 11 is 0. The van der Waals surface area contributed by atoms with E-state index >= 15 is 0 Å². The van der Waals surface area contributed by atoms with Crippen molar-refractivity contribution in [3.05, 3.63) is 68.5 Å². The Balaban J connectivity index is 2.06. The average molecular weight is 330 g/mol. The van der Waals surface area contributed by atoms with E-state index in [-0.39, 0.29) is 12.2 Å². The number of nitrogens with zero attached hydrogens (tertiary/aromatic N) is 2. The second-order valence-electron chi connectivity index (χ2n) is 5.13. The summed E-state index contributed by atoms with van der Waals surface area (Å²) in [7, 11) is 4.46. The van der Waals surface area contributed by atoms with E-state index in [4.69, 9.17) is 9.47 Å². The molecule has 0 unspecified atom stereocenters. The fourth-order valence-electron chi connectivity index (χ4n) is 2.07. The highest BCUT2D eigenvalue weighted by molar-refractivity contribution is 5.86. The van der Waals surface area contributed by atoms with Gasteiger partial charge in [0, 0.05) is 26.4 Å². The molecule has 7 heteroatoms. The zero-order valence-electron chi connectivity index (χ0n) is 13.7. The van der Waals surface area contributed by atoms with Crippen LogP contribution in [0, 0.1) is 0 Å². The molecule has 0 aliphatic heterocycles. The molecule has 0 amide bonds. The standard InChI is InChI=1S/C17H18N2O5/c1-18-10-13(16(21)19(2)17(18)22)7-8-15(20)24-11-12-5-4-6-14(9-12)23-3/h4-10H,11H2,1-3H3/b8-7+. The Morgan fingerprint density at radius 3 is 2.71 bits per heavy atom. The van der Waals surface area contributed by atoms with Gasteiger partial charge in [0.25, 0.3) is 5.56 Å². The van der Waals surface area contributed by atoms with E-state index in [1.54, 1.807) is 25.3 Å². The first-order valence-electron chi connectivity index (χ1n) is 7.17. The number of carbonyl (C=O) groups is 1. The number of esters is 1. The molecule has 0 bridgehead atoms. The largest absolute Gasteiger partial charge is 0.497 e. The Morgan fingerprint density at radius 2 is 2.00 bits per heavy atom. The van der Waals surface area contributed by atoms with E-state index in [0.717, 1.165) is 16.2 Å². The summed E-state index contributed by atoms with van der Waals surface area (Å²) in [5.74, 6) is 0.0847. The second kappa shape index (κ2) is 7.45. The molecular weight excluding hydrogens is 312 g/mol. The molecule has 1 aromatic heterocycles. The summed E-state index contributed by atoms with van der Waals surface area (Å²) in [6, 6.07) is 7.16. The molecule has 0 spiro atoms. The highest BCUT2D eigenvalue weighted by atomic mass is 16.5. The van der Waals surface area contributed by atoms with Gasteiger partial charge in [-0.2, -0.15) is 0 Å². The first-order chi connectivity index (χ1) is 11.4. The average Bonchev–Trinajstić information content (AvgIpc) is 2.60. The second-order valence-corrected chi connectivity index (χ2v) is 5.13. The molecule has 0 saturated heterocycles. The molecular formula is C17H18N2O5. The van der Waals surface area contributed by atoms with Gasteiger partial charge in [0.2, 0.25) is 0 Å². The van der Waals surface area contributed by atoms with Gasteiger partial charge in [-0.25, -0.2) is 9.59 Å². The minimum absolute atomic E-state index is 0.0889. The van der Waals surface area contributed by atoms with Crippen molar-refractivity contribution in [3.63, 3.8) is 0 Å². The Kier molecular flexibility index (Phi) is 5.36. The lowest BCUT2D eigenvalue weighted by Crippen LogP contribution is -2.37. The third kappa shape index (κ3) is 4.01. The number of aromatic nitrogens is 2. The molecule has 126 valence electrons. The van der Waals surface area contributed by atoms with Crippen molar-refractivity contribution < 1.29 is 14.3 Å². The number of benzene rings is 1. The summed E-state index contributed by atoms with van der Waals surface area (Å²) < 4.78 is 12.4. The van der Waals surface area contributed by atoms with Gasteiger partial charge in [0.05, 0.1) is 12.7 Å². The quantitative estimate of drug-likeness (QED) is 0.600. The number of hydrogen-bond acceptors (Lipinski definition) is 5. The van der Waals surface area contributed by atoms with Crippen molar-refractivity contribution in [2.45, 2.75) is 6.61 Å². The van der Waals surface area contributed by atoms with Crippen LogP contribution < -0.4 is 16.0 Å². The van der Waals surface area contributed by atoms with Crippen molar-refractivity contribution >= 4 is 12.0 Å². The van der Waals surface area contributed by atoms with E-state index in [0.29, 0.717) is 5.75 Å². The van der Waals surface area contributed by atoms with Gasteiger partial charge in [-0.1, -0.05) is 12.1 Å². The number of hydrogen-bond donors (Lipinski definition) is 0. The highest BCUT2D eigenvalue weighted by Crippen LogP contribution is 2.13. The van der Waals surface area contributed by atoms with Crippen LogP contribution in [0.4, 0.5) is 0 Å². The lowest BCUT2D eigenvalue weighted by molar-refractivity contribution is -0.138. The SMILES string of the molecule is COc1cccc(COC(=O)/C=C/c2cn(C)c(=O)n(C)c2=O)c1. The number of carbonyl (C=O) groups excluding carboxylic acids is 1. The van der Waals surface area contributed by atoms with Gasteiger partial charge >= 0.3 is 11.7 Å². The molecule has 0 radical (unpaired) electrons. The minimum atomic E-state index is -0.589. The van der Waals surface area contributed by atoms with Crippen molar-refractivity contribution in [1.29, 1.82) is 0 Å². The lowest BCUT2D eigenvalue weighted by Gasteiger charge is -2.05. The normalized spacial score (nSPS) is 10.8. The van der Waals surface area contributed by atoms with Crippen LogP contribution in [0.5, 0.6) is 5.75 Å². The first kappa shape index (κ1) is 17.3. The molecule has 2 aromatic rings. The smallest absolute Gasteiger partial charge is 0.331 e. The maximum Gasteiger partial charge on any atom is 0.331 e. The van der Waals surface area contributed by atoms with Gasteiger partial charge in [-0.3, -0.25) is 9.36 Å². The molecule has 1 heterocycles. The summed E-state index contributed by atoms with van der Waals surface area (Å²) in [5.41, 5.74) is 0.0970. The molecule has 1 aromatic carbocycles. The van der Waals surface area contributed by atoms with Crippen LogP contribution in [0.1, 0.15) is 11.1 Å². The monoisotopic (exact) mass is 330 g/mol. The topological polar surface area (TPSA) is 79.5 Å². The number of rotatable bonds is 5. The summed E-state index contributed by atoms with van der Waals surface area (Å²) in [5, 5.41) is 0. The Morgan fingerprint density at radius 1 is 1.25 bits per heavy atom. The van der Waals surface area contributed by atoms with Crippen LogP contribution in [0.15, 0.2) is 46.1 Å². The molecule has 0 aliphatic rings. The zero-order chi connectivity index (χ0) is 17.7. The van der Waals surface area contributed by atoms with Crippen LogP contribution in [0.25, 0.3) is 6.08 Å². The molecule has 2 rings (SSSR count). The summed E-state index contributed by atoms with van der Waals surface area (Å²) in [6.45, 7) is 0.0889. The minimum Gasteiger partial charge on any atom is -0.497 e. The van der Waals surface area contributed by atoms with E-state index in [1.165, 1.54) is 30.9 Å². The molecule has 0 N–H and O–H groups in total. The number of ether oxygens (including phenoxy) is 2. The van der Waals surface area contributed by atoms with Crippen LogP contribution in [-0.4, -0.2) is 22.2 Å². The number of aryl methyl sites for hydroxylation is 1. The predicted octanol–water partition coefficient (Wildman–Crippen LogP) is 0.849. The molecule has 0 fully saturated rings. The Hall–Kier alpha value is -3.09. The molecule has 0 atom stereocenters. The van der Waals surface area contributed by atoms with E-state index in [1.807, 2.05) is 6.07 Å². The maximum absolute atomic E-state index is 11.9. The maximum atomic E-state index is 11.9. The van der Waals surface area contributed by atoms with Crippen molar-refractivity contribution in [2.24, 2.45) is 14.1 Å².